The molecule has 0 spiro atoms. The van der Waals surface area contributed by atoms with Crippen LogP contribution in [0.5, 0.6) is 0 Å². The Kier molecular flexibility index (Phi) is 5.56. The van der Waals surface area contributed by atoms with Crippen molar-refractivity contribution in [2.45, 2.75) is 18.3 Å². The Labute approximate surface area is 164 Å². The van der Waals surface area contributed by atoms with E-state index >= 15 is 0 Å². The third kappa shape index (κ3) is 4.26. The van der Waals surface area contributed by atoms with Crippen LogP contribution in [0.2, 0.25) is 0 Å². The molecule has 0 unspecified atom stereocenters. The van der Waals surface area contributed by atoms with Gasteiger partial charge in [0.15, 0.2) is 11.0 Å². The molecule has 3 aromatic rings. The van der Waals surface area contributed by atoms with Crippen LogP contribution in [0.25, 0.3) is 11.3 Å². The smallest absolute Gasteiger partial charge is 0.339 e. The van der Waals surface area contributed by atoms with Crippen LogP contribution in [-0.2, 0) is 6.18 Å². The minimum Gasteiger partial charge on any atom is -0.339 e. The Hall–Kier alpha value is -3.05. The summed E-state index contributed by atoms with van der Waals surface area (Å²) in [7, 11) is 0. The predicted molar refractivity (Wildman–Crippen MR) is 103 cm³/mol. The van der Waals surface area contributed by atoms with Crippen LogP contribution in [0.4, 0.5) is 24.7 Å². The molecule has 0 fully saturated rings. The minimum atomic E-state index is -4.46. The lowest BCUT2D eigenvalue weighted by Gasteiger charge is -2.14. The molecule has 0 bridgehead atoms. The van der Waals surface area contributed by atoms with Gasteiger partial charge in [-0.15, -0.1) is 0 Å². The second-order valence-corrected chi connectivity index (χ2v) is 6.74. The van der Waals surface area contributed by atoms with E-state index in [0.29, 0.717) is 10.9 Å². The summed E-state index contributed by atoms with van der Waals surface area (Å²) in [6.45, 7) is 1.95. The van der Waals surface area contributed by atoms with Gasteiger partial charge in [-0.05, 0) is 31.4 Å². The summed E-state index contributed by atoms with van der Waals surface area (Å²) in [5.41, 5.74) is 1.78. The van der Waals surface area contributed by atoms with Gasteiger partial charge in [0.1, 0.15) is 11.6 Å². The maximum Gasteiger partial charge on any atom is 0.416 e. The van der Waals surface area contributed by atoms with E-state index in [2.05, 4.69) is 21.4 Å². The number of aromatic nitrogens is 2. The standard InChI is InChI=1S/C20H15F3N4S/c1-12-6-8-13(9-7-12)17-16(11-24)18(27-19(26-17)28-2)25-15-5-3-4-14(10-15)20(21,22)23/h3-10H,1-2H3,(H,25,26,27). The summed E-state index contributed by atoms with van der Waals surface area (Å²) in [5, 5.41) is 12.9. The second-order valence-electron chi connectivity index (χ2n) is 5.96. The molecule has 8 heteroatoms. The van der Waals surface area contributed by atoms with Crippen molar-refractivity contribution >= 4 is 23.3 Å². The van der Waals surface area contributed by atoms with Crippen molar-refractivity contribution in [2.75, 3.05) is 11.6 Å². The van der Waals surface area contributed by atoms with Crippen molar-refractivity contribution in [3.05, 3.63) is 65.2 Å². The monoisotopic (exact) mass is 400 g/mol. The zero-order valence-electron chi connectivity index (χ0n) is 15.0. The number of hydrogen-bond acceptors (Lipinski definition) is 5. The average molecular weight is 400 g/mol. The highest BCUT2D eigenvalue weighted by molar-refractivity contribution is 7.98. The molecule has 1 N–H and O–H groups in total. The van der Waals surface area contributed by atoms with Crippen LogP contribution < -0.4 is 5.32 Å². The van der Waals surface area contributed by atoms with Crippen LogP contribution >= 0.6 is 11.8 Å². The van der Waals surface area contributed by atoms with Crippen LogP contribution in [0, 0.1) is 18.3 Å². The fourth-order valence-electron chi connectivity index (χ4n) is 2.56. The third-order valence-electron chi connectivity index (χ3n) is 3.96. The number of anilines is 2. The first-order valence-corrected chi connectivity index (χ1v) is 9.41. The first kappa shape index (κ1) is 19.7. The van der Waals surface area contributed by atoms with E-state index in [1.165, 1.54) is 23.9 Å². The Morgan fingerprint density at radius 2 is 1.79 bits per heavy atom. The molecular formula is C20H15F3N4S. The zero-order chi connectivity index (χ0) is 20.3. The highest BCUT2D eigenvalue weighted by Crippen LogP contribution is 2.33. The number of nitrogens with zero attached hydrogens (tertiary/aromatic N) is 3. The molecule has 0 aliphatic heterocycles. The molecule has 0 radical (unpaired) electrons. The van der Waals surface area contributed by atoms with Gasteiger partial charge in [-0.25, -0.2) is 9.97 Å². The quantitative estimate of drug-likeness (QED) is 0.442. The molecule has 0 saturated heterocycles. The molecule has 0 aliphatic carbocycles. The molecule has 4 nitrogen and oxygen atoms in total. The molecule has 0 amide bonds. The van der Waals surface area contributed by atoms with Gasteiger partial charge in [0, 0.05) is 11.3 Å². The molecule has 0 saturated carbocycles. The number of alkyl halides is 3. The highest BCUT2D eigenvalue weighted by atomic mass is 32.2. The first-order valence-electron chi connectivity index (χ1n) is 8.19. The van der Waals surface area contributed by atoms with Gasteiger partial charge >= 0.3 is 6.18 Å². The van der Waals surface area contributed by atoms with Crippen molar-refractivity contribution in [3.8, 4) is 17.3 Å². The summed E-state index contributed by atoms with van der Waals surface area (Å²) in [4.78, 5) is 8.72. The molecule has 142 valence electrons. The van der Waals surface area contributed by atoms with E-state index in [0.717, 1.165) is 23.3 Å². The molecular weight excluding hydrogens is 385 g/mol. The van der Waals surface area contributed by atoms with Crippen LogP contribution in [-0.4, -0.2) is 16.2 Å². The van der Waals surface area contributed by atoms with E-state index in [1.807, 2.05) is 31.2 Å². The largest absolute Gasteiger partial charge is 0.416 e. The maximum atomic E-state index is 13.0. The molecule has 0 atom stereocenters. The van der Waals surface area contributed by atoms with Gasteiger partial charge in [0.2, 0.25) is 0 Å². The van der Waals surface area contributed by atoms with E-state index in [4.69, 9.17) is 0 Å². The van der Waals surface area contributed by atoms with Gasteiger partial charge in [0.25, 0.3) is 0 Å². The highest BCUT2D eigenvalue weighted by Gasteiger charge is 2.30. The molecule has 3 rings (SSSR count). The fraction of sp³-hybridized carbons (Fsp3) is 0.150. The van der Waals surface area contributed by atoms with Crippen LogP contribution in [0.1, 0.15) is 16.7 Å². The predicted octanol–water partition coefficient (Wildman–Crippen LogP) is 5.81. The lowest BCUT2D eigenvalue weighted by Crippen LogP contribution is -2.07. The van der Waals surface area contributed by atoms with E-state index in [-0.39, 0.29) is 17.1 Å². The third-order valence-corrected chi connectivity index (χ3v) is 4.51. The normalized spacial score (nSPS) is 11.1. The van der Waals surface area contributed by atoms with Crippen molar-refractivity contribution in [2.24, 2.45) is 0 Å². The number of hydrogen-bond donors (Lipinski definition) is 1. The molecule has 1 aromatic heterocycles. The topological polar surface area (TPSA) is 61.6 Å². The average Bonchev–Trinajstić information content (AvgIpc) is 2.67. The summed E-state index contributed by atoms with van der Waals surface area (Å²) in [5.74, 6) is 0.164. The van der Waals surface area contributed by atoms with Crippen molar-refractivity contribution in [1.82, 2.24) is 9.97 Å². The maximum absolute atomic E-state index is 13.0. The SMILES string of the molecule is CSc1nc(Nc2cccc(C(F)(F)F)c2)c(C#N)c(-c2ccc(C)cc2)n1. The van der Waals surface area contributed by atoms with Crippen molar-refractivity contribution in [1.29, 1.82) is 5.26 Å². The lowest BCUT2D eigenvalue weighted by atomic mass is 10.1. The summed E-state index contributed by atoms with van der Waals surface area (Å²) in [6.07, 6.45) is -2.67. The second kappa shape index (κ2) is 7.90. The number of benzene rings is 2. The fourth-order valence-corrected chi connectivity index (χ4v) is 2.92. The number of halogens is 3. The first-order chi connectivity index (χ1) is 13.3. The molecule has 0 aliphatic rings. The Morgan fingerprint density at radius 3 is 2.39 bits per heavy atom. The van der Waals surface area contributed by atoms with E-state index < -0.39 is 11.7 Å². The summed E-state index contributed by atoms with van der Waals surface area (Å²) in [6, 6.07) is 14.3. The van der Waals surface area contributed by atoms with E-state index in [9.17, 15) is 18.4 Å². The number of nitriles is 1. The van der Waals surface area contributed by atoms with Gasteiger partial charge in [-0.1, -0.05) is 47.7 Å². The molecule has 1 heterocycles. The number of rotatable bonds is 4. The van der Waals surface area contributed by atoms with E-state index in [1.54, 1.807) is 6.26 Å². The minimum absolute atomic E-state index is 0.164. The van der Waals surface area contributed by atoms with Gasteiger partial charge in [-0.3, -0.25) is 0 Å². The van der Waals surface area contributed by atoms with Crippen LogP contribution in [0.15, 0.2) is 53.7 Å². The summed E-state index contributed by atoms with van der Waals surface area (Å²) < 4.78 is 38.9. The number of thioether (sulfide) groups is 1. The van der Waals surface area contributed by atoms with Crippen molar-refractivity contribution in [3.63, 3.8) is 0 Å². The van der Waals surface area contributed by atoms with Crippen LogP contribution in [0.3, 0.4) is 0 Å². The Balaban J connectivity index is 2.10. The number of nitrogens with one attached hydrogen (secondary N) is 1. The van der Waals surface area contributed by atoms with Gasteiger partial charge in [-0.2, -0.15) is 18.4 Å². The Bertz CT molecular complexity index is 1040. The summed E-state index contributed by atoms with van der Waals surface area (Å²) >= 11 is 1.28. The number of aryl methyl sites for hydroxylation is 1. The zero-order valence-corrected chi connectivity index (χ0v) is 15.8. The lowest BCUT2D eigenvalue weighted by molar-refractivity contribution is -0.137. The van der Waals surface area contributed by atoms with Gasteiger partial charge in [0.05, 0.1) is 11.3 Å². The Morgan fingerprint density at radius 1 is 1.07 bits per heavy atom. The van der Waals surface area contributed by atoms with Gasteiger partial charge < -0.3 is 5.32 Å². The molecule has 2 aromatic carbocycles. The van der Waals surface area contributed by atoms with Crippen molar-refractivity contribution < 1.29 is 13.2 Å². The molecule has 28 heavy (non-hydrogen) atoms.